The van der Waals surface area contributed by atoms with Gasteiger partial charge in [-0.3, -0.25) is 0 Å². The molecule has 2 rings (SSSR count). The van der Waals surface area contributed by atoms with Gasteiger partial charge in [-0.1, -0.05) is 44.2 Å². The van der Waals surface area contributed by atoms with Crippen LogP contribution in [0.3, 0.4) is 0 Å². The second-order valence-corrected chi connectivity index (χ2v) is 6.49. The fourth-order valence-electron chi connectivity index (χ4n) is 3.17. The molecule has 1 aliphatic heterocycles. The predicted molar refractivity (Wildman–Crippen MR) is 88.3 cm³/mol. The number of nitrogens with zero attached hydrogens (tertiary/aromatic N) is 1. The molecule has 1 atom stereocenters. The van der Waals surface area contributed by atoms with E-state index in [1.807, 2.05) is 6.07 Å². The van der Waals surface area contributed by atoms with Crippen LogP contribution >= 0.6 is 0 Å². The number of nitrogens with one attached hydrogen (secondary N) is 1. The third-order valence-electron chi connectivity index (χ3n) is 4.68. The smallest absolute Gasteiger partial charge is 0.0797 e. The van der Waals surface area contributed by atoms with E-state index >= 15 is 0 Å². The summed E-state index contributed by atoms with van der Waals surface area (Å²) < 4.78 is 0. The molecule has 1 heterocycles. The van der Waals surface area contributed by atoms with Crippen molar-refractivity contribution in [1.82, 2.24) is 10.2 Å². The van der Waals surface area contributed by atoms with E-state index in [0.717, 1.165) is 38.5 Å². The molecule has 1 unspecified atom stereocenters. The summed E-state index contributed by atoms with van der Waals surface area (Å²) in [6.07, 6.45) is 3.61. The number of hydrogen-bond donors (Lipinski definition) is 2. The lowest BCUT2D eigenvalue weighted by Gasteiger charge is -2.41. The lowest BCUT2D eigenvalue weighted by Crippen LogP contribution is -2.55. The highest BCUT2D eigenvalue weighted by Crippen LogP contribution is 2.25. The summed E-state index contributed by atoms with van der Waals surface area (Å²) in [7, 11) is 0. The van der Waals surface area contributed by atoms with E-state index in [-0.39, 0.29) is 12.1 Å². The Morgan fingerprint density at radius 3 is 2.48 bits per heavy atom. The molecule has 1 aromatic carbocycles. The molecule has 1 fully saturated rings. The Morgan fingerprint density at radius 1 is 1.24 bits per heavy atom. The maximum absolute atomic E-state index is 10.2. The zero-order valence-electron chi connectivity index (χ0n) is 13.5. The number of rotatable bonds is 7. The fraction of sp³-hybridized carbons (Fsp3) is 0.667. The summed E-state index contributed by atoms with van der Waals surface area (Å²) >= 11 is 0. The lowest BCUT2D eigenvalue weighted by molar-refractivity contribution is 0.0870. The first-order valence-electron chi connectivity index (χ1n) is 8.34. The van der Waals surface area contributed by atoms with E-state index < -0.39 is 0 Å². The lowest BCUT2D eigenvalue weighted by atomic mass is 9.88. The van der Waals surface area contributed by atoms with Crippen LogP contribution in [0.2, 0.25) is 0 Å². The summed E-state index contributed by atoms with van der Waals surface area (Å²) in [6, 6.07) is 10.4. The Labute approximate surface area is 129 Å². The summed E-state index contributed by atoms with van der Waals surface area (Å²) in [4.78, 5) is 2.51. The number of piperidine rings is 1. The van der Waals surface area contributed by atoms with Gasteiger partial charge in [-0.05, 0) is 50.4 Å². The molecule has 21 heavy (non-hydrogen) atoms. The zero-order chi connectivity index (χ0) is 15.1. The first-order chi connectivity index (χ1) is 10.2. The van der Waals surface area contributed by atoms with Gasteiger partial charge < -0.3 is 15.3 Å². The Balaban J connectivity index is 2.14. The molecule has 0 spiro atoms. The molecule has 0 aromatic heterocycles. The van der Waals surface area contributed by atoms with Crippen LogP contribution in [-0.4, -0.2) is 42.8 Å². The molecular weight excluding hydrogens is 260 g/mol. The molecular formula is C18H30N2O. The van der Waals surface area contributed by atoms with Gasteiger partial charge in [-0.15, -0.1) is 0 Å². The van der Waals surface area contributed by atoms with Crippen LogP contribution in [0, 0.1) is 5.92 Å². The molecule has 118 valence electrons. The minimum absolute atomic E-state index is 0.142. The minimum Gasteiger partial charge on any atom is -0.394 e. The third-order valence-corrected chi connectivity index (χ3v) is 4.68. The fourth-order valence-corrected chi connectivity index (χ4v) is 3.17. The molecule has 1 aromatic rings. The van der Waals surface area contributed by atoms with Gasteiger partial charge in [0.05, 0.1) is 12.1 Å². The van der Waals surface area contributed by atoms with Gasteiger partial charge in [0, 0.05) is 6.54 Å². The van der Waals surface area contributed by atoms with Crippen molar-refractivity contribution < 1.29 is 5.11 Å². The van der Waals surface area contributed by atoms with Crippen LogP contribution in [0.15, 0.2) is 30.3 Å². The van der Waals surface area contributed by atoms with Gasteiger partial charge in [-0.25, -0.2) is 0 Å². The Morgan fingerprint density at radius 2 is 1.90 bits per heavy atom. The first kappa shape index (κ1) is 16.5. The first-order valence-corrected chi connectivity index (χ1v) is 8.34. The Kier molecular flexibility index (Phi) is 6.22. The predicted octanol–water partition coefficient (Wildman–Crippen LogP) is 2.61. The SMILES string of the molecule is CCCNC(CO)(CN1CCC(C)CC1)c1ccccc1. The average molecular weight is 290 g/mol. The van der Waals surface area contributed by atoms with Crippen LogP contribution in [0.5, 0.6) is 0 Å². The molecule has 0 bridgehead atoms. The number of aliphatic hydroxyl groups is 1. The van der Waals surface area contributed by atoms with Crippen LogP contribution < -0.4 is 5.32 Å². The van der Waals surface area contributed by atoms with Crippen LogP contribution in [-0.2, 0) is 5.54 Å². The summed E-state index contributed by atoms with van der Waals surface area (Å²) in [5.74, 6) is 0.838. The molecule has 0 saturated carbocycles. The van der Waals surface area contributed by atoms with Crippen molar-refractivity contribution in [2.24, 2.45) is 5.92 Å². The maximum Gasteiger partial charge on any atom is 0.0797 e. The molecule has 0 amide bonds. The highest BCUT2D eigenvalue weighted by molar-refractivity contribution is 5.25. The van der Waals surface area contributed by atoms with Gasteiger partial charge in [0.2, 0.25) is 0 Å². The zero-order valence-corrected chi connectivity index (χ0v) is 13.5. The highest BCUT2D eigenvalue weighted by atomic mass is 16.3. The molecule has 2 N–H and O–H groups in total. The van der Waals surface area contributed by atoms with E-state index in [0.29, 0.717) is 0 Å². The normalized spacial score (nSPS) is 20.3. The van der Waals surface area contributed by atoms with Crippen molar-refractivity contribution in [3.05, 3.63) is 35.9 Å². The monoisotopic (exact) mass is 290 g/mol. The quantitative estimate of drug-likeness (QED) is 0.810. The summed E-state index contributed by atoms with van der Waals surface area (Å²) in [6.45, 7) is 8.75. The standard InChI is InChI=1S/C18H30N2O/c1-3-11-19-18(15-21,17-7-5-4-6-8-17)14-20-12-9-16(2)10-13-20/h4-8,16,19,21H,3,9-15H2,1-2H3. The van der Waals surface area contributed by atoms with Crippen molar-refractivity contribution in [1.29, 1.82) is 0 Å². The van der Waals surface area contributed by atoms with E-state index in [1.165, 1.54) is 18.4 Å². The summed E-state index contributed by atoms with van der Waals surface area (Å²) in [5, 5.41) is 13.8. The van der Waals surface area contributed by atoms with Crippen molar-refractivity contribution in [2.45, 2.75) is 38.6 Å². The van der Waals surface area contributed by atoms with Crippen LogP contribution in [0.4, 0.5) is 0 Å². The van der Waals surface area contributed by atoms with E-state index in [4.69, 9.17) is 0 Å². The number of hydrogen-bond acceptors (Lipinski definition) is 3. The van der Waals surface area contributed by atoms with E-state index in [1.54, 1.807) is 0 Å². The van der Waals surface area contributed by atoms with Gasteiger partial charge in [0.15, 0.2) is 0 Å². The number of likely N-dealkylation sites (tertiary alicyclic amines) is 1. The van der Waals surface area contributed by atoms with Gasteiger partial charge in [0.25, 0.3) is 0 Å². The van der Waals surface area contributed by atoms with E-state index in [9.17, 15) is 5.11 Å². The number of benzene rings is 1. The van der Waals surface area contributed by atoms with Gasteiger partial charge >= 0.3 is 0 Å². The Bertz CT molecular complexity index is 401. The molecule has 1 saturated heterocycles. The van der Waals surface area contributed by atoms with Gasteiger partial charge in [0.1, 0.15) is 0 Å². The molecule has 1 aliphatic rings. The van der Waals surface area contributed by atoms with Crippen LogP contribution in [0.25, 0.3) is 0 Å². The third kappa shape index (κ3) is 4.29. The maximum atomic E-state index is 10.2. The van der Waals surface area contributed by atoms with Gasteiger partial charge in [-0.2, -0.15) is 0 Å². The highest BCUT2D eigenvalue weighted by Gasteiger charge is 2.33. The molecule has 0 radical (unpaired) electrons. The van der Waals surface area contributed by atoms with Crippen molar-refractivity contribution >= 4 is 0 Å². The molecule has 0 aliphatic carbocycles. The minimum atomic E-state index is -0.335. The summed E-state index contributed by atoms with van der Waals surface area (Å²) in [5.41, 5.74) is 0.859. The molecule has 3 heteroatoms. The van der Waals surface area contributed by atoms with E-state index in [2.05, 4.69) is 48.3 Å². The molecule has 3 nitrogen and oxygen atoms in total. The number of aliphatic hydroxyl groups excluding tert-OH is 1. The van der Waals surface area contributed by atoms with Crippen LogP contribution in [0.1, 0.15) is 38.7 Å². The largest absolute Gasteiger partial charge is 0.394 e. The Hall–Kier alpha value is -0.900. The average Bonchev–Trinajstić information content (AvgIpc) is 2.54. The van der Waals surface area contributed by atoms with Crippen molar-refractivity contribution in [3.63, 3.8) is 0 Å². The van der Waals surface area contributed by atoms with Crippen molar-refractivity contribution in [2.75, 3.05) is 32.8 Å². The topological polar surface area (TPSA) is 35.5 Å². The second-order valence-electron chi connectivity index (χ2n) is 6.49. The van der Waals surface area contributed by atoms with Crippen molar-refractivity contribution in [3.8, 4) is 0 Å². The second kappa shape index (κ2) is 7.92.